The fraction of sp³-hybridized carbons (Fsp3) is 0.235. The SMILES string of the molecule is CSc1nc2ncnc(Nc3cccc(Cn4nc(C)nc4C)c3)c2s1. The molecule has 0 radical (unpaired) electrons. The van der Waals surface area contributed by atoms with Crippen molar-refractivity contribution in [3.8, 4) is 0 Å². The van der Waals surface area contributed by atoms with Crippen LogP contribution >= 0.6 is 23.1 Å². The first-order chi connectivity index (χ1) is 12.6. The van der Waals surface area contributed by atoms with E-state index >= 15 is 0 Å². The number of thioether (sulfide) groups is 1. The molecule has 1 aromatic carbocycles. The Hall–Kier alpha value is -2.52. The molecule has 0 spiro atoms. The van der Waals surface area contributed by atoms with E-state index in [2.05, 4.69) is 42.5 Å². The van der Waals surface area contributed by atoms with Crippen LogP contribution in [0.3, 0.4) is 0 Å². The van der Waals surface area contributed by atoms with Crippen molar-refractivity contribution in [1.29, 1.82) is 0 Å². The minimum Gasteiger partial charge on any atom is -0.339 e. The van der Waals surface area contributed by atoms with E-state index in [0.717, 1.165) is 43.4 Å². The molecule has 0 aliphatic heterocycles. The smallest absolute Gasteiger partial charge is 0.176 e. The molecule has 0 aliphatic carbocycles. The number of anilines is 2. The highest BCUT2D eigenvalue weighted by atomic mass is 32.2. The minimum atomic E-state index is 0.679. The third-order valence-corrected chi connectivity index (χ3v) is 5.87. The Morgan fingerprint density at radius 2 is 2.08 bits per heavy atom. The van der Waals surface area contributed by atoms with E-state index in [9.17, 15) is 0 Å². The molecule has 0 saturated heterocycles. The van der Waals surface area contributed by atoms with Gasteiger partial charge in [-0.05, 0) is 37.8 Å². The Morgan fingerprint density at radius 3 is 2.85 bits per heavy atom. The number of aromatic nitrogens is 6. The molecule has 0 bridgehead atoms. The predicted octanol–water partition coefficient (Wildman–Crippen LogP) is 3.81. The molecule has 7 nitrogen and oxygen atoms in total. The second kappa shape index (κ2) is 7.00. The molecule has 0 unspecified atom stereocenters. The first-order valence-corrected chi connectivity index (χ1v) is 10.1. The summed E-state index contributed by atoms with van der Waals surface area (Å²) in [5.74, 6) is 2.47. The molecular formula is C17H17N7S2. The van der Waals surface area contributed by atoms with Crippen LogP contribution in [0, 0.1) is 13.8 Å². The molecule has 0 fully saturated rings. The zero-order chi connectivity index (χ0) is 18.1. The molecule has 4 rings (SSSR count). The van der Waals surface area contributed by atoms with Crippen LogP contribution in [0.4, 0.5) is 11.5 Å². The van der Waals surface area contributed by atoms with Crippen LogP contribution in [0.15, 0.2) is 34.9 Å². The number of nitrogens with one attached hydrogen (secondary N) is 1. The Kier molecular flexibility index (Phi) is 4.56. The fourth-order valence-corrected chi connectivity index (χ4v) is 4.14. The first kappa shape index (κ1) is 16.9. The summed E-state index contributed by atoms with van der Waals surface area (Å²) in [5, 5.41) is 7.82. The van der Waals surface area contributed by atoms with Crippen LogP contribution in [0.2, 0.25) is 0 Å². The van der Waals surface area contributed by atoms with Crippen LogP contribution in [-0.4, -0.2) is 36.0 Å². The molecule has 132 valence electrons. The molecule has 4 aromatic rings. The lowest BCUT2D eigenvalue weighted by atomic mass is 10.2. The third-order valence-electron chi connectivity index (χ3n) is 3.83. The van der Waals surface area contributed by atoms with Gasteiger partial charge in [0.15, 0.2) is 15.8 Å². The van der Waals surface area contributed by atoms with E-state index in [-0.39, 0.29) is 0 Å². The van der Waals surface area contributed by atoms with E-state index in [1.165, 1.54) is 0 Å². The Balaban J connectivity index is 1.61. The van der Waals surface area contributed by atoms with Gasteiger partial charge in [0.05, 0.1) is 6.54 Å². The standard InChI is InChI=1S/C17H17N7S2/c1-10-20-11(2)24(23-10)8-12-5-4-6-13(7-12)21-15-14-16(19-9-18-15)22-17(25-3)26-14/h4-7,9H,8H2,1-3H3,(H,18,19,21). The zero-order valence-electron chi connectivity index (χ0n) is 14.6. The lowest BCUT2D eigenvalue weighted by Crippen LogP contribution is -2.04. The van der Waals surface area contributed by atoms with Crippen LogP contribution < -0.4 is 5.32 Å². The quantitative estimate of drug-likeness (QED) is 0.525. The van der Waals surface area contributed by atoms with Crippen LogP contribution in [0.25, 0.3) is 10.3 Å². The van der Waals surface area contributed by atoms with Crippen molar-refractivity contribution in [3.05, 3.63) is 47.8 Å². The van der Waals surface area contributed by atoms with Gasteiger partial charge in [0.25, 0.3) is 0 Å². The number of nitrogens with zero attached hydrogens (tertiary/aromatic N) is 6. The highest BCUT2D eigenvalue weighted by Gasteiger charge is 2.11. The summed E-state index contributed by atoms with van der Waals surface area (Å²) in [6, 6.07) is 8.22. The minimum absolute atomic E-state index is 0.679. The second-order valence-corrected chi connectivity index (χ2v) is 7.80. The first-order valence-electron chi connectivity index (χ1n) is 8.02. The maximum atomic E-state index is 4.49. The monoisotopic (exact) mass is 383 g/mol. The molecule has 3 heterocycles. The van der Waals surface area contributed by atoms with Crippen LogP contribution in [0.1, 0.15) is 17.2 Å². The largest absolute Gasteiger partial charge is 0.339 e. The van der Waals surface area contributed by atoms with Gasteiger partial charge in [0.2, 0.25) is 0 Å². The molecule has 1 N–H and O–H groups in total. The molecule has 9 heteroatoms. The lowest BCUT2D eigenvalue weighted by molar-refractivity contribution is 0.656. The van der Waals surface area contributed by atoms with E-state index in [0.29, 0.717) is 6.54 Å². The number of aryl methyl sites for hydroxylation is 2. The van der Waals surface area contributed by atoms with Gasteiger partial charge >= 0.3 is 0 Å². The summed E-state index contributed by atoms with van der Waals surface area (Å²) < 4.78 is 3.85. The average Bonchev–Trinajstić information content (AvgIpc) is 3.18. The predicted molar refractivity (Wildman–Crippen MR) is 105 cm³/mol. The topological polar surface area (TPSA) is 81.4 Å². The summed E-state index contributed by atoms with van der Waals surface area (Å²) in [4.78, 5) is 17.5. The van der Waals surface area contributed by atoms with E-state index in [1.54, 1.807) is 29.4 Å². The van der Waals surface area contributed by atoms with Crippen molar-refractivity contribution in [1.82, 2.24) is 29.7 Å². The maximum Gasteiger partial charge on any atom is 0.176 e. The number of thiazole rings is 1. The van der Waals surface area contributed by atoms with E-state index in [1.807, 2.05) is 36.9 Å². The summed E-state index contributed by atoms with van der Waals surface area (Å²) in [6.07, 6.45) is 3.55. The lowest BCUT2D eigenvalue weighted by Gasteiger charge is -2.09. The summed E-state index contributed by atoms with van der Waals surface area (Å²) >= 11 is 3.21. The Morgan fingerprint density at radius 1 is 1.19 bits per heavy atom. The number of benzene rings is 1. The molecular weight excluding hydrogens is 366 g/mol. The van der Waals surface area contributed by atoms with Crippen molar-refractivity contribution >= 4 is 45.0 Å². The van der Waals surface area contributed by atoms with Crippen LogP contribution in [0.5, 0.6) is 0 Å². The Labute approximate surface area is 158 Å². The molecule has 3 aromatic heterocycles. The average molecular weight is 384 g/mol. The van der Waals surface area contributed by atoms with Crippen molar-refractivity contribution in [2.24, 2.45) is 0 Å². The summed E-state index contributed by atoms with van der Waals surface area (Å²) in [7, 11) is 0. The third kappa shape index (κ3) is 3.40. The number of hydrogen-bond acceptors (Lipinski definition) is 8. The molecule has 0 aliphatic rings. The van der Waals surface area contributed by atoms with Gasteiger partial charge in [-0.15, -0.1) is 11.3 Å². The Bertz CT molecular complexity index is 1070. The van der Waals surface area contributed by atoms with Gasteiger partial charge in [0.1, 0.15) is 22.7 Å². The molecule has 0 saturated carbocycles. The van der Waals surface area contributed by atoms with Crippen molar-refractivity contribution in [2.45, 2.75) is 24.7 Å². The van der Waals surface area contributed by atoms with Gasteiger partial charge < -0.3 is 5.32 Å². The summed E-state index contributed by atoms with van der Waals surface area (Å²) in [5.41, 5.74) is 2.83. The number of fused-ring (bicyclic) bond motifs is 1. The van der Waals surface area contributed by atoms with Gasteiger partial charge in [0, 0.05) is 5.69 Å². The van der Waals surface area contributed by atoms with Crippen LogP contribution in [-0.2, 0) is 6.54 Å². The van der Waals surface area contributed by atoms with Gasteiger partial charge in [-0.25, -0.2) is 24.6 Å². The maximum absolute atomic E-state index is 4.49. The van der Waals surface area contributed by atoms with Crippen molar-refractivity contribution in [2.75, 3.05) is 11.6 Å². The van der Waals surface area contributed by atoms with E-state index < -0.39 is 0 Å². The highest BCUT2D eigenvalue weighted by Crippen LogP contribution is 2.32. The molecule has 26 heavy (non-hydrogen) atoms. The summed E-state index contributed by atoms with van der Waals surface area (Å²) in [6.45, 7) is 4.55. The van der Waals surface area contributed by atoms with E-state index in [4.69, 9.17) is 0 Å². The van der Waals surface area contributed by atoms with Gasteiger partial charge in [-0.1, -0.05) is 23.9 Å². The second-order valence-electron chi connectivity index (χ2n) is 5.75. The fourth-order valence-electron chi connectivity index (χ4n) is 2.68. The number of hydrogen-bond donors (Lipinski definition) is 1. The molecule has 0 atom stereocenters. The van der Waals surface area contributed by atoms with Gasteiger partial charge in [-0.3, -0.25) is 0 Å². The molecule has 0 amide bonds. The normalized spacial score (nSPS) is 11.2. The highest BCUT2D eigenvalue weighted by molar-refractivity contribution is 8.00. The van der Waals surface area contributed by atoms with Crippen molar-refractivity contribution < 1.29 is 0 Å². The van der Waals surface area contributed by atoms with Gasteiger partial charge in [-0.2, -0.15) is 5.10 Å². The number of rotatable bonds is 5. The van der Waals surface area contributed by atoms with Crippen molar-refractivity contribution in [3.63, 3.8) is 0 Å². The zero-order valence-corrected chi connectivity index (χ0v) is 16.2.